The molecule has 0 saturated carbocycles. The lowest BCUT2D eigenvalue weighted by Gasteiger charge is -2.38. The largest absolute Gasteiger partial charge is 0.337 e. The highest BCUT2D eigenvalue weighted by atomic mass is 16.5. The van der Waals surface area contributed by atoms with E-state index in [0.717, 1.165) is 23.1 Å². The van der Waals surface area contributed by atoms with Gasteiger partial charge >= 0.3 is 0 Å². The van der Waals surface area contributed by atoms with Gasteiger partial charge in [0.1, 0.15) is 6.04 Å². The van der Waals surface area contributed by atoms with Crippen molar-refractivity contribution >= 4 is 5.91 Å². The summed E-state index contributed by atoms with van der Waals surface area (Å²) in [5, 5.41) is 12.5. The summed E-state index contributed by atoms with van der Waals surface area (Å²) in [6.45, 7) is 4.60. The molecule has 1 unspecified atom stereocenters. The van der Waals surface area contributed by atoms with Crippen LogP contribution in [-0.2, 0) is 0 Å². The molecule has 30 heavy (non-hydrogen) atoms. The summed E-state index contributed by atoms with van der Waals surface area (Å²) >= 11 is 0. The van der Waals surface area contributed by atoms with Crippen molar-refractivity contribution in [3.05, 3.63) is 77.4 Å². The molecule has 0 spiro atoms. The van der Waals surface area contributed by atoms with E-state index < -0.39 is 0 Å². The molecule has 4 aromatic rings. The third-order valence-corrected chi connectivity index (χ3v) is 5.30. The van der Waals surface area contributed by atoms with E-state index in [1.54, 1.807) is 17.3 Å². The Bertz CT molecular complexity index is 1210. The Morgan fingerprint density at radius 3 is 2.60 bits per heavy atom. The van der Waals surface area contributed by atoms with Crippen LogP contribution >= 0.6 is 0 Å². The van der Waals surface area contributed by atoms with Crippen LogP contribution in [0.2, 0.25) is 0 Å². The zero-order chi connectivity index (χ0) is 20.7. The van der Waals surface area contributed by atoms with Gasteiger partial charge in [0.15, 0.2) is 0 Å². The molecule has 1 aliphatic heterocycles. The van der Waals surface area contributed by atoms with Crippen LogP contribution in [0.4, 0.5) is 0 Å². The molecule has 1 saturated heterocycles. The third-order valence-electron chi connectivity index (χ3n) is 5.30. The Morgan fingerprint density at radius 2 is 1.87 bits per heavy atom. The number of rotatable bonds is 4. The molecule has 0 N–H and O–H groups in total. The van der Waals surface area contributed by atoms with Crippen LogP contribution in [0.25, 0.3) is 17.1 Å². The van der Waals surface area contributed by atoms with Crippen LogP contribution in [0.3, 0.4) is 0 Å². The van der Waals surface area contributed by atoms with Gasteiger partial charge in [-0.15, -0.1) is 0 Å². The Morgan fingerprint density at radius 1 is 1.07 bits per heavy atom. The molecule has 1 atom stereocenters. The Kier molecular flexibility index (Phi) is 4.39. The molecule has 0 bridgehead atoms. The number of carbonyl (C=O) groups is 1. The van der Waals surface area contributed by atoms with E-state index >= 15 is 0 Å². The fraction of sp³-hybridized carbons (Fsp3) is 0.227. The van der Waals surface area contributed by atoms with Crippen LogP contribution in [0.1, 0.15) is 39.8 Å². The van der Waals surface area contributed by atoms with Crippen LogP contribution in [0, 0.1) is 13.8 Å². The first-order valence-corrected chi connectivity index (χ1v) is 9.79. The molecule has 1 amide bonds. The number of carbonyl (C=O) groups excluding carboxylic acids is 1. The quantitative estimate of drug-likeness (QED) is 0.521. The van der Waals surface area contributed by atoms with Crippen molar-refractivity contribution in [2.45, 2.75) is 26.3 Å². The molecular weight excluding hydrogens is 380 g/mol. The molecule has 8 nitrogen and oxygen atoms in total. The first kappa shape index (κ1) is 18.2. The minimum Gasteiger partial charge on any atom is -0.337 e. The molecular formula is C22H20N6O2. The van der Waals surface area contributed by atoms with Gasteiger partial charge in [0, 0.05) is 12.1 Å². The first-order valence-electron chi connectivity index (χ1n) is 9.79. The zero-order valence-corrected chi connectivity index (χ0v) is 16.7. The molecule has 1 fully saturated rings. The van der Waals surface area contributed by atoms with E-state index in [-0.39, 0.29) is 11.9 Å². The van der Waals surface area contributed by atoms with Gasteiger partial charge < -0.3 is 9.42 Å². The highest BCUT2D eigenvalue weighted by Gasteiger charge is 2.39. The van der Waals surface area contributed by atoms with E-state index in [1.807, 2.05) is 56.3 Å². The van der Waals surface area contributed by atoms with Gasteiger partial charge in [0.25, 0.3) is 5.91 Å². The standard InChI is InChI=1S/C22H20N6O2/c1-14-4-3-5-16(12-14)20-25-21(30-26-20)19-8-11-27(19)22(29)17-13-15(2)6-7-18(17)28-23-9-10-24-28/h3-7,9-10,12-13,19H,8,11H2,1-2H3. The summed E-state index contributed by atoms with van der Waals surface area (Å²) in [6.07, 6.45) is 3.96. The monoisotopic (exact) mass is 400 g/mol. The van der Waals surface area contributed by atoms with Crippen LogP contribution in [0.5, 0.6) is 0 Å². The lowest BCUT2D eigenvalue weighted by atomic mass is 9.99. The zero-order valence-electron chi connectivity index (χ0n) is 16.7. The normalized spacial score (nSPS) is 15.8. The van der Waals surface area contributed by atoms with Gasteiger partial charge in [-0.25, -0.2) is 0 Å². The fourth-order valence-electron chi connectivity index (χ4n) is 3.65. The number of aryl methyl sites for hydroxylation is 2. The second kappa shape index (κ2) is 7.22. The Labute approximate surface area is 173 Å². The molecule has 3 heterocycles. The molecule has 150 valence electrons. The maximum Gasteiger partial charge on any atom is 0.256 e. The van der Waals surface area contributed by atoms with Gasteiger partial charge in [-0.2, -0.15) is 20.0 Å². The number of nitrogens with zero attached hydrogens (tertiary/aromatic N) is 6. The number of likely N-dealkylation sites (tertiary alicyclic amines) is 1. The Balaban J connectivity index is 1.43. The predicted molar refractivity (Wildman–Crippen MR) is 109 cm³/mol. The summed E-state index contributed by atoms with van der Waals surface area (Å²) in [7, 11) is 0. The van der Waals surface area contributed by atoms with Crippen molar-refractivity contribution in [2.75, 3.05) is 6.54 Å². The number of aromatic nitrogens is 5. The first-order chi connectivity index (χ1) is 14.6. The van der Waals surface area contributed by atoms with Crippen LogP contribution < -0.4 is 0 Å². The topological polar surface area (TPSA) is 89.9 Å². The van der Waals surface area contributed by atoms with Crippen molar-refractivity contribution < 1.29 is 9.32 Å². The lowest BCUT2D eigenvalue weighted by molar-refractivity contribution is 0.0378. The second-order valence-electron chi connectivity index (χ2n) is 7.47. The molecule has 0 aliphatic carbocycles. The Hall–Kier alpha value is -3.81. The highest BCUT2D eigenvalue weighted by Crippen LogP contribution is 2.35. The number of benzene rings is 2. The van der Waals surface area contributed by atoms with Crippen molar-refractivity contribution in [1.82, 2.24) is 30.0 Å². The molecule has 8 heteroatoms. The van der Waals surface area contributed by atoms with Crippen molar-refractivity contribution in [2.24, 2.45) is 0 Å². The third kappa shape index (κ3) is 3.16. The maximum atomic E-state index is 13.4. The van der Waals surface area contributed by atoms with E-state index in [0.29, 0.717) is 29.5 Å². The van der Waals surface area contributed by atoms with Crippen LogP contribution in [-0.4, -0.2) is 42.5 Å². The fourth-order valence-corrected chi connectivity index (χ4v) is 3.65. The van der Waals surface area contributed by atoms with Gasteiger partial charge in [-0.1, -0.05) is 40.5 Å². The summed E-state index contributed by atoms with van der Waals surface area (Å²) in [5.74, 6) is 0.889. The number of hydrogen-bond acceptors (Lipinski definition) is 6. The average Bonchev–Trinajstić information content (AvgIpc) is 3.39. The summed E-state index contributed by atoms with van der Waals surface area (Å²) < 4.78 is 5.52. The molecule has 2 aromatic carbocycles. The summed E-state index contributed by atoms with van der Waals surface area (Å²) in [5.41, 5.74) is 4.21. The smallest absolute Gasteiger partial charge is 0.256 e. The van der Waals surface area contributed by atoms with Gasteiger partial charge in [0.05, 0.1) is 23.6 Å². The SMILES string of the molecule is Cc1cccc(-c2noc(C3CCN3C(=O)c3cc(C)ccc3-n3nccn3)n2)c1. The van der Waals surface area contributed by atoms with Crippen LogP contribution in [0.15, 0.2) is 59.4 Å². The molecule has 5 rings (SSSR count). The predicted octanol–water partition coefficient (Wildman–Crippen LogP) is 3.52. The van der Waals surface area contributed by atoms with E-state index in [9.17, 15) is 4.79 Å². The van der Waals surface area contributed by atoms with E-state index in [4.69, 9.17) is 4.52 Å². The molecule has 1 aliphatic rings. The van der Waals surface area contributed by atoms with Crippen molar-refractivity contribution in [1.29, 1.82) is 0 Å². The summed E-state index contributed by atoms with van der Waals surface area (Å²) in [4.78, 5) is 21.1. The highest BCUT2D eigenvalue weighted by molar-refractivity contribution is 5.98. The summed E-state index contributed by atoms with van der Waals surface area (Å²) in [6, 6.07) is 13.4. The second-order valence-corrected chi connectivity index (χ2v) is 7.47. The van der Waals surface area contributed by atoms with Gasteiger partial charge in [-0.05, 0) is 38.5 Å². The van der Waals surface area contributed by atoms with Gasteiger partial charge in [0.2, 0.25) is 11.7 Å². The minimum atomic E-state index is -0.234. The van der Waals surface area contributed by atoms with Gasteiger partial charge in [-0.3, -0.25) is 4.79 Å². The molecule has 2 aromatic heterocycles. The van der Waals surface area contributed by atoms with Crippen molar-refractivity contribution in [3.8, 4) is 17.1 Å². The van der Waals surface area contributed by atoms with E-state index in [2.05, 4.69) is 20.3 Å². The van der Waals surface area contributed by atoms with E-state index in [1.165, 1.54) is 4.80 Å². The maximum absolute atomic E-state index is 13.4. The van der Waals surface area contributed by atoms with Crippen molar-refractivity contribution in [3.63, 3.8) is 0 Å². The molecule has 0 radical (unpaired) electrons. The average molecular weight is 400 g/mol. The lowest BCUT2D eigenvalue weighted by Crippen LogP contribution is -2.45. The number of hydrogen-bond donors (Lipinski definition) is 0. The number of amides is 1. The minimum absolute atomic E-state index is 0.0995.